The first-order valence-corrected chi connectivity index (χ1v) is 8.50. The van der Waals surface area contributed by atoms with Crippen molar-refractivity contribution in [1.29, 1.82) is 0 Å². The number of carbonyl (C=O) groups excluding carboxylic acids is 1. The number of aromatic nitrogens is 2. The third-order valence-electron chi connectivity index (χ3n) is 4.08. The van der Waals surface area contributed by atoms with Crippen molar-refractivity contribution in [3.8, 4) is 0 Å². The summed E-state index contributed by atoms with van der Waals surface area (Å²) in [6, 6.07) is 14.7. The highest BCUT2D eigenvalue weighted by atomic mass is 16.2. The Labute approximate surface area is 151 Å². The molecule has 3 aromatic rings. The van der Waals surface area contributed by atoms with Crippen LogP contribution in [-0.4, -0.2) is 21.9 Å². The largest absolute Gasteiger partial charge is 0.292 e. The molecule has 6 heteroatoms. The van der Waals surface area contributed by atoms with Crippen LogP contribution in [0.25, 0.3) is 10.8 Å². The number of nitrogens with one attached hydrogen (secondary N) is 1. The van der Waals surface area contributed by atoms with Gasteiger partial charge in [-0.15, -0.1) is 0 Å². The van der Waals surface area contributed by atoms with Gasteiger partial charge in [-0.1, -0.05) is 49.4 Å². The number of rotatable bonds is 5. The van der Waals surface area contributed by atoms with Crippen LogP contribution in [0.2, 0.25) is 0 Å². The van der Waals surface area contributed by atoms with Gasteiger partial charge in [0.2, 0.25) is 0 Å². The number of amides is 1. The molecule has 1 amide bonds. The molecule has 1 N–H and O–H groups in total. The van der Waals surface area contributed by atoms with E-state index >= 15 is 0 Å². The molecule has 0 bridgehead atoms. The Balaban J connectivity index is 1.94. The lowest BCUT2D eigenvalue weighted by atomic mass is 10.1. The summed E-state index contributed by atoms with van der Waals surface area (Å²) in [6.45, 7) is 4.38. The monoisotopic (exact) mass is 348 g/mol. The van der Waals surface area contributed by atoms with Crippen molar-refractivity contribution in [2.45, 2.75) is 26.8 Å². The molecule has 1 aromatic heterocycles. The fourth-order valence-electron chi connectivity index (χ4n) is 2.71. The SMILES string of the molecule is CCCn1nc(C(=O)N/N=C/c2ccccc2C)c2ccccc2c1=O. The van der Waals surface area contributed by atoms with Crippen LogP contribution in [0.15, 0.2) is 58.4 Å². The molecule has 0 aliphatic heterocycles. The first-order valence-electron chi connectivity index (χ1n) is 8.50. The molecule has 132 valence electrons. The molecule has 1 heterocycles. The van der Waals surface area contributed by atoms with E-state index in [1.807, 2.05) is 38.1 Å². The van der Waals surface area contributed by atoms with Crippen LogP contribution in [0.3, 0.4) is 0 Å². The van der Waals surface area contributed by atoms with E-state index in [-0.39, 0.29) is 11.3 Å². The van der Waals surface area contributed by atoms with Crippen molar-refractivity contribution in [3.63, 3.8) is 0 Å². The second kappa shape index (κ2) is 7.74. The molecule has 0 spiro atoms. The summed E-state index contributed by atoms with van der Waals surface area (Å²) in [5.41, 5.74) is 4.49. The Morgan fingerprint density at radius 3 is 2.58 bits per heavy atom. The van der Waals surface area contributed by atoms with Crippen LogP contribution in [0, 0.1) is 6.92 Å². The zero-order valence-electron chi connectivity index (χ0n) is 14.8. The lowest BCUT2D eigenvalue weighted by Crippen LogP contribution is -2.29. The van der Waals surface area contributed by atoms with E-state index in [9.17, 15) is 9.59 Å². The highest BCUT2D eigenvalue weighted by Gasteiger charge is 2.15. The van der Waals surface area contributed by atoms with Crippen LogP contribution in [0.1, 0.15) is 35.0 Å². The van der Waals surface area contributed by atoms with Gasteiger partial charge in [0.25, 0.3) is 11.5 Å². The van der Waals surface area contributed by atoms with E-state index in [1.165, 1.54) is 4.68 Å². The number of hydrogen-bond donors (Lipinski definition) is 1. The van der Waals surface area contributed by atoms with Crippen LogP contribution in [-0.2, 0) is 6.54 Å². The number of fused-ring (bicyclic) bond motifs is 1. The first-order chi connectivity index (χ1) is 12.6. The molecule has 2 aromatic carbocycles. The van der Waals surface area contributed by atoms with Gasteiger partial charge in [-0.25, -0.2) is 10.1 Å². The molecular formula is C20H20N4O2. The number of carbonyl (C=O) groups is 1. The Morgan fingerprint density at radius 2 is 1.85 bits per heavy atom. The molecule has 0 saturated carbocycles. The van der Waals surface area contributed by atoms with Gasteiger partial charge in [0.15, 0.2) is 5.69 Å². The van der Waals surface area contributed by atoms with E-state index < -0.39 is 5.91 Å². The lowest BCUT2D eigenvalue weighted by molar-refractivity contribution is 0.0949. The predicted octanol–water partition coefficient (Wildman–Crippen LogP) is 2.88. The smallest absolute Gasteiger partial charge is 0.267 e. The molecule has 0 radical (unpaired) electrons. The zero-order chi connectivity index (χ0) is 18.5. The quantitative estimate of drug-likeness (QED) is 0.569. The summed E-state index contributed by atoms with van der Waals surface area (Å²) in [5.74, 6) is -0.448. The molecule has 0 fully saturated rings. The Morgan fingerprint density at radius 1 is 1.15 bits per heavy atom. The van der Waals surface area contributed by atoms with Gasteiger partial charge in [0.05, 0.1) is 11.6 Å². The third kappa shape index (κ3) is 3.54. The lowest BCUT2D eigenvalue weighted by Gasteiger charge is -2.09. The van der Waals surface area contributed by atoms with E-state index in [1.54, 1.807) is 30.5 Å². The van der Waals surface area contributed by atoms with Gasteiger partial charge in [-0.05, 0) is 30.5 Å². The Kier molecular flexibility index (Phi) is 5.22. The average Bonchev–Trinajstić information content (AvgIpc) is 2.65. The molecule has 0 aliphatic carbocycles. The molecule has 0 unspecified atom stereocenters. The van der Waals surface area contributed by atoms with Crippen molar-refractivity contribution < 1.29 is 4.79 Å². The van der Waals surface area contributed by atoms with Gasteiger partial charge >= 0.3 is 0 Å². The normalized spacial score (nSPS) is 11.2. The van der Waals surface area contributed by atoms with Crippen LogP contribution >= 0.6 is 0 Å². The van der Waals surface area contributed by atoms with Gasteiger partial charge in [0, 0.05) is 11.9 Å². The topological polar surface area (TPSA) is 76.3 Å². The first kappa shape index (κ1) is 17.5. The van der Waals surface area contributed by atoms with E-state index in [0.29, 0.717) is 17.3 Å². The van der Waals surface area contributed by atoms with Crippen LogP contribution in [0.4, 0.5) is 0 Å². The van der Waals surface area contributed by atoms with Crippen molar-refractivity contribution >= 4 is 22.9 Å². The van der Waals surface area contributed by atoms with Gasteiger partial charge in [-0.3, -0.25) is 9.59 Å². The van der Waals surface area contributed by atoms with Gasteiger partial charge < -0.3 is 0 Å². The zero-order valence-corrected chi connectivity index (χ0v) is 14.8. The number of hydrogen-bond acceptors (Lipinski definition) is 4. The highest BCUT2D eigenvalue weighted by Crippen LogP contribution is 2.13. The number of aryl methyl sites for hydroxylation is 2. The molecule has 0 atom stereocenters. The number of hydrazone groups is 1. The summed E-state index contributed by atoms with van der Waals surface area (Å²) in [5, 5.41) is 9.28. The Bertz CT molecular complexity index is 1040. The predicted molar refractivity (Wildman–Crippen MR) is 103 cm³/mol. The minimum absolute atomic E-state index is 0.190. The van der Waals surface area contributed by atoms with E-state index in [0.717, 1.165) is 17.5 Å². The molecule has 0 saturated heterocycles. The standard InChI is InChI=1S/C20H20N4O2/c1-3-12-24-20(26)17-11-7-6-10-16(17)18(23-24)19(25)22-21-13-15-9-5-4-8-14(15)2/h4-11,13H,3,12H2,1-2H3,(H,22,25)/b21-13+. The van der Waals surface area contributed by atoms with Crippen molar-refractivity contribution in [2.75, 3.05) is 0 Å². The second-order valence-electron chi connectivity index (χ2n) is 5.98. The number of nitrogens with zero attached hydrogens (tertiary/aromatic N) is 3. The summed E-state index contributed by atoms with van der Waals surface area (Å²) in [6.07, 6.45) is 2.34. The van der Waals surface area contributed by atoms with E-state index in [4.69, 9.17) is 0 Å². The molecule has 26 heavy (non-hydrogen) atoms. The second-order valence-corrected chi connectivity index (χ2v) is 5.98. The third-order valence-corrected chi connectivity index (χ3v) is 4.08. The van der Waals surface area contributed by atoms with Crippen molar-refractivity contribution in [3.05, 3.63) is 75.7 Å². The van der Waals surface area contributed by atoms with Gasteiger partial charge in [-0.2, -0.15) is 10.2 Å². The van der Waals surface area contributed by atoms with Crippen molar-refractivity contribution in [1.82, 2.24) is 15.2 Å². The maximum absolute atomic E-state index is 12.6. The molecule has 3 rings (SSSR count). The maximum Gasteiger partial charge on any atom is 0.292 e. The highest BCUT2D eigenvalue weighted by molar-refractivity contribution is 6.05. The fraction of sp³-hybridized carbons (Fsp3) is 0.200. The molecular weight excluding hydrogens is 328 g/mol. The van der Waals surface area contributed by atoms with E-state index in [2.05, 4.69) is 15.6 Å². The van der Waals surface area contributed by atoms with Crippen molar-refractivity contribution in [2.24, 2.45) is 5.10 Å². The molecule has 6 nitrogen and oxygen atoms in total. The summed E-state index contributed by atoms with van der Waals surface area (Å²) in [4.78, 5) is 25.1. The maximum atomic E-state index is 12.6. The average molecular weight is 348 g/mol. The summed E-state index contributed by atoms with van der Waals surface area (Å²) >= 11 is 0. The minimum atomic E-state index is -0.448. The molecule has 0 aliphatic rings. The Hall–Kier alpha value is -3.28. The van der Waals surface area contributed by atoms with Crippen LogP contribution < -0.4 is 11.0 Å². The van der Waals surface area contributed by atoms with Gasteiger partial charge in [0.1, 0.15) is 0 Å². The van der Waals surface area contributed by atoms with Crippen LogP contribution in [0.5, 0.6) is 0 Å². The minimum Gasteiger partial charge on any atom is -0.267 e. The number of benzene rings is 2. The summed E-state index contributed by atoms with van der Waals surface area (Å²) in [7, 11) is 0. The summed E-state index contributed by atoms with van der Waals surface area (Å²) < 4.78 is 1.34. The fourth-order valence-corrected chi connectivity index (χ4v) is 2.71.